The first-order valence-corrected chi connectivity index (χ1v) is 5.65. The summed E-state index contributed by atoms with van der Waals surface area (Å²) >= 11 is 5.58. The number of alkyl halides is 3. The number of Topliss-reactive ketones (excluding diaryl/α,β-unsaturated/α-hetero) is 1. The van der Waals surface area contributed by atoms with E-state index < -0.39 is 24.0 Å². The molecule has 18 heavy (non-hydrogen) atoms. The van der Waals surface area contributed by atoms with Crippen molar-refractivity contribution in [3.8, 4) is 0 Å². The highest BCUT2D eigenvalue weighted by Crippen LogP contribution is 2.42. The van der Waals surface area contributed by atoms with Crippen molar-refractivity contribution in [2.75, 3.05) is 0 Å². The summed E-state index contributed by atoms with van der Waals surface area (Å²) in [7, 11) is 0. The molecule has 0 aliphatic heterocycles. The molecule has 2 nitrogen and oxygen atoms in total. The monoisotopic (exact) mass is 280 g/mol. The number of aliphatic hydroxyl groups is 1. The van der Waals surface area contributed by atoms with Crippen LogP contribution >= 0.6 is 11.6 Å². The van der Waals surface area contributed by atoms with Gasteiger partial charge < -0.3 is 5.11 Å². The molecule has 0 unspecified atom stereocenters. The quantitative estimate of drug-likeness (QED) is 0.917. The fraction of sp³-hybridized carbons (Fsp3) is 0.417. The molecule has 100 valence electrons. The molecule has 1 atom stereocenters. The number of rotatable bonds is 4. The second-order valence-corrected chi connectivity index (χ2v) is 4.37. The molecule has 1 N–H and O–H groups in total. The number of hydrogen-bond donors (Lipinski definition) is 1. The number of carbonyl (C=O) groups is 1. The normalized spacial score (nSPS) is 15.2. The summed E-state index contributed by atoms with van der Waals surface area (Å²) in [5.74, 6) is -0.662. The van der Waals surface area contributed by atoms with E-state index in [1.807, 2.05) is 0 Å². The molecule has 1 aromatic rings. The van der Waals surface area contributed by atoms with Crippen molar-refractivity contribution >= 4 is 17.4 Å². The largest absolute Gasteiger partial charge is 0.421 e. The third-order valence-electron chi connectivity index (χ3n) is 2.64. The molecular formula is C12H12ClF3O2. The average molecular weight is 281 g/mol. The Balaban J connectivity index is 3.20. The second kappa shape index (κ2) is 5.28. The molecular weight excluding hydrogens is 269 g/mol. The number of hydrogen-bond acceptors (Lipinski definition) is 2. The van der Waals surface area contributed by atoms with Crippen LogP contribution in [0.2, 0.25) is 5.02 Å². The van der Waals surface area contributed by atoms with E-state index in [2.05, 4.69) is 0 Å². The van der Waals surface area contributed by atoms with E-state index in [1.54, 1.807) is 0 Å². The Morgan fingerprint density at radius 1 is 1.28 bits per heavy atom. The summed E-state index contributed by atoms with van der Waals surface area (Å²) in [4.78, 5) is 11.2. The van der Waals surface area contributed by atoms with Crippen LogP contribution in [0.5, 0.6) is 0 Å². The van der Waals surface area contributed by atoms with Crippen LogP contribution in [0.4, 0.5) is 13.2 Å². The van der Waals surface area contributed by atoms with Crippen LogP contribution in [0.15, 0.2) is 24.3 Å². The fourth-order valence-corrected chi connectivity index (χ4v) is 1.63. The van der Waals surface area contributed by atoms with Gasteiger partial charge in [-0.15, -0.1) is 0 Å². The van der Waals surface area contributed by atoms with Crippen LogP contribution < -0.4 is 0 Å². The van der Waals surface area contributed by atoms with Gasteiger partial charge in [0.1, 0.15) is 5.78 Å². The van der Waals surface area contributed by atoms with Gasteiger partial charge in [0.25, 0.3) is 0 Å². The SMILES string of the molecule is CCC(=O)C[C@](O)(c1ccc(Cl)cc1)C(F)(F)F. The van der Waals surface area contributed by atoms with Crippen molar-refractivity contribution in [3.63, 3.8) is 0 Å². The highest BCUT2D eigenvalue weighted by Gasteiger charge is 2.55. The summed E-state index contributed by atoms with van der Waals surface area (Å²) in [6.07, 6.45) is -5.98. The Labute approximate surface area is 107 Å². The second-order valence-electron chi connectivity index (χ2n) is 3.93. The molecule has 0 spiro atoms. The zero-order chi connectivity index (χ0) is 14.0. The van der Waals surface area contributed by atoms with Gasteiger partial charge in [-0.1, -0.05) is 30.7 Å². The van der Waals surface area contributed by atoms with Gasteiger partial charge in [0, 0.05) is 17.9 Å². The highest BCUT2D eigenvalue weighted by molar-refractivity contribution is 6.30. The number of benzene rings is 1. The maximum absolute atomic E-state index is 13.0. The highest BCUT2D eigenvalue weighted by atomic mass is 35.5. The maximum Gasteiger partial charge on any atom is 0.421 e. The molecule has 1 aromatic carbocycles. The molecule has 0 bridgehead atoms. The first kappa shape index (κ1) is 15.0. The van der Waals surface area contributed by atoms with E-state index in [9.17, 15) is 23.1 Å². The molecule has 1 rings (SSSR count). The summed E-state index contributed by atoms with van der Waals surface area (Å²) < 4.78 is 38.9. The molecule has 0 radical (unpaired) electrons. The summed E-state index contributed by atoms with van der Waals surface area (Å²) in [6.45, 7) is 1.45. The van der Waals surface area contributed by atoms with Gasteiger partial charge in [0.05, 0.1) is 0 Å². The van der Waals surface area contributed by atoms with Gasteiger partial charge in [-0.3, -0.25) is 4.79 Å². The molecule has 6 heteroatoms. The Bertz CT molecular complexity index is 428. The van der Waals surface area contributed by atoms with Gasteiger partial charge in [-0.2, -0.15) is 13.2 Å². The van der Waals surface area contributed by atoms with E-state index in [4.69, 9.17) is 11.6 Å². The predicted molar refractivity (Wildman–Crippen MR) is 61.3 cm³/mol. The lowest BCUT2D eigenvalue weighted by atomic mass is 9.87. The summed E-state index contributed by atoms with van der Waals surface area (Å²) in [5.41, 5.74) is -3.55. The van der Waals surface area contributed by atoms with Crippen LogP contribution in [-0.2, 0) is 10.4 Å². The first-order chi connectivity index (χ1) is 8.20. The van der Waals surface area contributed by atoms with Gasteiger partial charge in [0.2, 0.25) is 0 Å². The lowest BCUT2D eigenvalue weighted by molar-refractivity contribution is -0.267. The van der Waals surface area contributed by atoms with E-state index in [1.165, 1.54) is 19.1 Å². The summed E-state index contributed by atoms with van der Waals surface area (Å²) in [5, 5.41) is 10.1. The lowest BCUT2D eigenvalue weighted by Gasteiger charge is -2.30. The minimum atomic E-state index is -4.92. The Kier molecular flexibility index (Phi) is 4.40. The van der Waals surface area contributed by atoms with Crippen LogP contribution in [0.3, 0.4) is 0 Å². The predicted octanol–water partition coefficient (Wildman–Crippen LogP) is 3.46. The summed E-state index contributed by atoms with van der Waals surface area (Å²) in [6, 6.07) is 4.62. The average Bonchev–Trinajstić information content (AvgIpc) is 2.28. The molecule has 0 heterocycles. The minimum absolute atomic E-state index is 0.0635. The van der Waals surface area contributed by atoms with E-state index in [0.717, 1.165) is 12.1 Å². The van der Waals surface area contributed by atoms with Gasteiger partial charge in [-0.05, 0) is 17.7 Å². The van der Waals surface area contributed by atoms with E-state index >= 15 is 0 Å². The molecule has 0 aromatic heterocycles. The zero-order valence-corrected chi connectivity index (χ0v) is 10.3. The fourth-order valence-electron chi connectivity index (χ4n) is 1.50. The molecule has 0 fully saturated rings. The van der Waals surface area contributed by atoms with E-state index in [-0.39, 0.29) is 17.0 Å². The molecule has 0 saturated carbocycles. The Morgan fingerprint density at radius 3 is 2.17 bits per heavy atom. The third-order valence-corrected chi connectivity index (χ3v) is 2.89. The van der Waals surface area contributed by atoms with E-state index in [0.29, 0.717) is 0 Å². The molecule has 0 aliphatic rings. The van der Waals surface area contributed by atoms with Crippen molar-refractivity contribution in [3.05, 3.63) is 34.9 Å². The van der Waals surface area contributed by atoms with Gasteiger partial charge in [0.15, 0.2) is 5.60 Å². The smallest absolute Gasteiger partial charge is 0.376 e. The zero-order valence-electron chi connectivity index (χ0n) is 9.59. The third kappa shape index (κ3) is 3.03. The number of ketones is 1. The topological polar surface area (TPSA) is 37.3 Å². The molecule has 0 saturated heterocycles. The van der Waals surface area contributed by atoms with Crippen molar-refractivity contribution < 1.29 is 23.1 Å². The van der Waals surface area contributed by atoms with Crippen LogP contribution in [0.1, 0.15) is 25.3 Å². The van der Waals surface area contributed by atoms with Crippen LogP contribution in [-0.4, -0.2) is 17.1 Å². The number of halogens is 4. The van der Waals surface area contributed by atoms with Crippen molar-refractivity contribution in [1.29, 1.82) is 0 Å². The molecule has 0 amide bonds. The Hall–Kier alpha value is -1.07. The van der Waals surface area contributed by atoms with Crippen LogP contribution in [0, 0.1) is 0 Å². The van der Waals surface area contributed by atoms with Gasteiger partial charge in [-0.25, -0.2) is 0 Å². The minimum Gasteiger partial charge on any atom is -0.376 e. The standard InChI is InChI=1S/C12H12ClF3O2/c1-2-10(17)7-11(18,12(14,15)16)8-3-5-9(13)6-4-8/h3-6,18H,2,7H2,1H3/t11-/m0/s1. The van der Waals surface area contributed by atoms with Crippen LogP contribution in [0.25, 0.3) is 0 Å². The maximum atomic E-state index is 13.0. The van der Waals surface area contributed by atoms with Gasteiger partial charge >= 0.3 is 6.18 Å². The number of carbonyl (C=O) groups excluding carboxylic acids is 1. The Morgan fingerprint density at radius 2 is 1.78 bits per heavy atom. The molecule has 0 aliphatic carbocycles. The van der Waals surface area contributed by atoms with Crippen molar-refractivity contribution in [2.45, 2.75) is 31.5 Å². The van der Waals surface area contributed by atoms with Crippen molar-refractivity contribution in [2.24, 2.45) is 0 Å². The van der Waals surface area contributed by atoms with Crippen molar-refractivity contribution in [1.82, 2.24) is 0 Å². The lowest BCUT2D eigenvalue weighted by Crippen LogP contribution is -2.44. The first-order valence-electron chi connectivity index (χ1n) is 5.27.